The van der Waals surface area contributed by atoms with Gasteiger partial charge < -0.3 is 15.4 Å². The number of hydrogen-bond acceptors (Lipinski definition) is 3. The van der Waals surface area contributed by atoms with E-state index < -0.39 is 0 Å². The molecule has 0 radical (unpaired) electrons. The van der Waals surface area contributed by atoms with Gasteiger partial charge in [0, 0.05) is 26.4 Å². The quantitative estimate of drug-likeness (QED) is 0.299. The third kappa shape index (κ3) is 8.72. The van der Waals surface area contributed by atoms with Gasteiger partial charge in [-0.15, -0.1) is 24.0 Å². The summed E-state index contributed by atoms with van der Waals surface area (Å²) in [6.07, 6.45) is 1.84. The molecule has 0 saturated heterocycles. The number of nitrogens with zero attached hydrogens (tertiary/aromatic N) is 2. The normalized spacial score (nSPS) is 13.2. The highest BCUT2D eigenvalue weighted by Gasteiger charge is 2.24. The lowest BCUT2D eigenvalue weighted by molar-refractivity contribution is 0.0205. The molecule has 0 aromatic carbocycles. The standard InChI is InChI=1S/C16H27ClN4O.HI/c1-6-18-15(21-11-13(22-5)16(2,3)4)20-10-12-7-8-14(17)19-9-12;/h7-9,13H,6,10-11H2,1-5H3,(H2,18,20,21);1H. The van der Waals surface area contributed by atoms with Gasteiger partial charge >= 0.3 is 0 Å². The second-order valence-electron chi connectivity index (χ2n) is 6.16. The maximum absolute atomic E-state index is 5.78. The van der Waals surface area contributed by atoms with Crippen molar-refractivity contribution in [3.05, 3.63) is 29.0 Å². The van der Waals surface area contributed by atoms with Gasteiger partial charge in [-0.25, -0.2) is 9.98 Å². The molecule has 23 heavy (non-hydrogen) atoms. The highest BCUT2D eigenvalue weighted by molar-refractivity contribution is 14.0. The third-order valence-electron chi connectivity index (χ3n) is 3.26. The Morgan fingerprint density at radius 3 is 2.52 bits per heavy atom. The zero-order chi connectivity index (χ0) is 16.6. The predicted octanol–water partition coefficient (Wildman–Crippen LogP) is 3.47. The maximum atomic E-state index is 5.78. The third-order valence-corrected chi connectivity index (χ3v) is 3.48. The monoisotopic (exact) mass is 454 g/mol. The molecular formula is C16H28ClIN4O. The van der Waals surface area contributed by atoms with Crippen LogP contribution >= 0.6 is 35.6 Å². The maximum Gasteiger partial charge on any atom is 0.191 e. The van der Waals surface area contributed by atoms with Gasteiger partial charge in [-0.05, 0) is 24.0 Å². The number of aromatic nitrogens is 1. The van der Waals surface area contributed by atoms with Crippen molar-refractivity contribution in [2.24, 2.45) is 10.4 Å². The molecule has 0 bridgehead atoms. The van der Waals surface area contributed by atoms with Gasteiger partial charge in [0.25, 0.3) is 0 Å². The Kier molecular flexibility index (Phi) is 10.8. The van der Waals surface area contributed by atoms with E-state index in [0.717, 1.165) is 18.1 Å². The summed E-state index contributed by atoms with van der Waals surface area (Å²) in [5, 5.41) is 7.05. The molecule has 0 aliphatic heterocycles. The first-order chi connectivity index (χ1) is 10.4. The minimum Gasteiger partial charge on any atom is -0.379 e. The number of aliphatic imine (C=N–C) groups is 1. The molecule has 1 unspecified atom stereocenters. The lowest BCUT2D eigenvalue weighted by atomic mass is 9.89. The van der Waals surface area contributed by atoms with Gasteiger partial charge in [-0.2, -0.15) is 0 Å². The SMILES string of the molecule is CCNC(=NCc1ccc(Cl)nc1)NCC(OC)C(C)(C)C.I. The van der Waals surface area contributed by atoms with E-state index in [4.69, 9.17) is 16.3 Å². The Labute approximate surface area is 161 Å². The van der Waals surface area contributed by atoms with Crippen molar-refractivity contribution in [1.82, 2.24) is 15.6 Å². The minimum atomic E-state index is 0. The fraction of sp³-hybridized carbons (Fsp3) is 0.625. The van der Waals surface area contributed by atoms with Gasteiger partial charge in [0.2, 0.25) is 0 Å². The number of ether oxygens (including phenoxy) is 1. The number of hydrogen-bond donors (Lipinski definition) is 2. The number of guanidine groups is 1. The number of halogens is 2. The first-order valence-corrected chi connectivity index (χ1v) is 7.90. The van der Waals surface area contributed by atoms with Crippen LogP contribution in [0.5, 0.6) is 0 Å². The average molecular weight is 455 g/mol. The van der Waals surface area contributed by atoms with Crippen molar-refractivity contribution in [2.75, 3.05) is 20.2 Å². The van der Waals surface area contributed by atoms with Gasteiger partial charge in [0.1, 0.15) is 5.15 Å². The predicted molar refractivity (Wildman–Crippen MR) is 108 cm³/mol. The largest absolute Gasteiger partial charge is 0.379 e. The molecule has 2 N–H and O–H groups in total. The zero-order valence-electron chi connectivity index (χ0n) is 14.5. The van der Waals surface area contributed by atoms with Crippen LogP contribution in [0.15, 0.2) is 23.3 Å². The second kappa shape index (κ2) is 11.0. The fourth-order valence-corrected chi connectivity index (χ4v) is 2.06. The highest BCUT2D eigenvalue weighted by Crippen LogP contribution is 2.20. The van der Waals surface area contributed by atoms with Gasteiger partial charge in [-0.3, -0.25) is 0 Å². The highest BCUT2D eigenvalue weighted by atomic mass is 127. The van der Waals surface area contributed by atoms with Crippen LogP contribution < -0.4 is 10.6 Å². The van der Waals surface area contributed by atoms with E-state index in [1.807, 2.05) is 13.0 Å². The molecule has 1 rings (SSSR count). The zero-order valence-corrected chi connectivity index (χ0v) is 17.6. The fourth-order valence-electron chi connectivity index (χ4n) is 1.94. The van der Waals surface area contributed by atoms with Crippen LogP contribution in [-0.4, -0.2) is 37.2 Å². The van der Waals surface area contributed by atoms with Crippen molar-refractivity contribution >= 4 is 41.5 Å². The molecule has 0 saturated carbocycles. The topological polar surface area (TPSA) is 58.5 Å². The lowest BCUT2D eigenvalue weighted by Gasteiger charge is -2.30. The molecule has 0 aliphatic rings. The number of pyridine rings is 1. The molecule has 7 heteroatoms. The summed E-state index contributed by atoms with van der Waals surface area (Å²) in [6.45, 7) is 10.6. The van der Waals surface area contributed by atoms with Gasteiger partial charge in [0.15, 0.2) is 5.96 Å². The molecule has 0 aliphatic carbocycles. The first kappa shape index (κ1) is 22.4. The van der Waals surface area contributed by atoms with Crippen LogP contribution in [0.25, 0.3) is 0 Å². The summed E-state index contributed by atoms with van der Waals surface area (Å²) in [5.41, 5.74) is 1.08. The average Bonchev–Trinajstić information content (AvgIpc) is 2.45. The first-order valence-electron chi connectivity index (χ1n) is 7.52. The molecule has 5 nitrogen and oxygen atoms in total. The molecule has 1 heterocycles. The smallest absolute Gasteiger partial charge is 0.191 e. The van der Waals surface area contributed by atoms with Crippen LogP contribution in [0.2, 0.25) is 5.15 Å². The summed E-state index contributed by atoms with van der Waals surface area (Å²) in [5.74, 6) is 0.767. The summed E-state index contributed by atoms with van der Waals surface area (Å²) >= 11 is 5.78. The Balaban J connectivity index is 0.00000484. The molecule has 1 atom stereocenters. The summed E-state index contributed by atoms with van der Waals surface area (Å²) in [6, 6.07) is 3.70. The van der Waals surface area contributed by atoms with Crippen LogP contribution in [0.1, 0.15) is 33.3 Å². The summed E-state index contributed by atoms with van der Waals surface area (Å²) < 4.78 is 5.55. The number of methoxy groups -OCH3 is 1. The van der Waals surface area contributed by atoms with Gasteiger partial charge in [0.05, 0.1) is 12.6 Å². The van der Waals surface area contributed by atoms with Crippen LogP contribution in [0.3, 0.4) is 0 Å². The van der Waals surface area contributed by atoms with E-state index in [2.05, 4.69) is 41.4 Å². The molecular weight excluding hydrogens is 427 g/mol. The van der Waals surface area contributed by atoms with E-state index in [1.165, 1.54) is 0 Å². The van der Waals surface area contributed by atoms with Crippen molar-refractivity contribution in [2.45, 2.75) is 40.3 Å². The number of rotatable bonds is 6. The Morgan fingerprint density at radius 2 is 2.04 bits per heavy atom. The second-order valence-corrected chi connectivity index (χ2v) is 6.54. The molecule has 132 valence electrons. The van der Waals surface area contributed by atoms with E-state index in [9.17, 15) is 0 Å². The number of nitrogens with one attached hydrogen (secondary N) is 2. The summed E-state index contributed by atoms with van der Waals surface area (Å²) in [7, 11) is 1.74. The molecule has 0 spiro atoms. The minimum absolute atomic E-state index is 0. The van der Waals surface area contributed by atoms with Crippen molar-refractivity contribution in [3.8, 4) is 0 Å². The lowest BCUT2D eigenvalue weighted by Crippen LogP contribution is -2.45. The van der Waals surface area contributed by atoms with E-state index in [0.29, 0.717) is 18.2 Å². The molecule has 1 aromatic rings. The van der Waals surface area contributed by atoms with Crippen molar-refractivity contribution < 1.29 is 4.74 Å². The van der Waals surface area contributed by atoms with Crippen LogP contribution in [0.4, 0.5) is 0 Å². The molecule has 0 fully saturated rings. The van der Waals surface area contributed by atoms with Gasteiger partial charge in [-0.1, -0.05) is 38.4 Å². The van der Waals surface area contributed by atoms with E-state index in [1.54, 1.807) is 19.4 Å². The molecule has 0 amide bonds. The Morgan fingerprint density at radius 1 is 1.35 bits per heavy atom. The summed E-state index contributed by atoms with van der Waals surface area (Å²) in [4.78, 5) is 8.62. The Hall–Kier alpha value is -0.600. The molecule has 1 aromatic heterocycles. The van der Waals surface area contributed by atoms with Crippen LogP contribution in [0, 0.1) is 5.41 Å². The van der Waals surface area contributed by atoms with Crippen LogP contribution in [-0.2, 0) is 11.3 Å². The van der Waals surface area contributed by atoms with E-state index >= 15 is 0 Å². The Bertz CT molecular complexity index is 474. The van der Waals surface area contributed by atoms with E-state index in [-0.39, 0.29) is 35.5 Å². The van der Waals surface area contributed by atoms with Crippen molar-refractivity contribution in [1.29, 1.82) is 0 Å². The van der Waals surface area contributed by atoms with Crippen molar-refractivity contribution in [3.63, 3.8) is 0 Å².